The number of rotatable bonds is 4. The molecule has 0 fully saturated rings. The van der Waals surface area contributed by atoms with E-state index < -0.39 is 4.92 Å². The van der Waals surface area contributed by atoms with Gasteiger partial charge in [-0.3, -0.25) is 10.1 Å². The molecule has 32 heavy (non-hydrogen) atoms. The van der Waals surface area contributed by atoms with Crippen molar-refractivity contribution in [1.29, 1.82) is 0 Å². The number of hydrazone groups is 1. The predicted molar refractivity (Wildman–Crippen MR) is 119 cm³/mol. The third-order valence-corrected chi connectivity index (χ3v) is 6.51. The molecule has 0 saturated carbocycles. The highest BCUT2D eigenvalue weighted by atomic mass is 32.1. The highest BCUT2D eigenvalue weighted by Crippen LogP contribution is 2.39. The Labute approximate surface area is 185 Å². The summed E-state index contributed by atoms with van der Waals surface area (Å²) >= 11 is 1.61. The first-order valence-corrected chi connectivity index (χ1v) is 10.7. The van der Waals surface area contributed by atoms with E-state index in [1.165, 1.54) is 12.1 Å². The Bertz CT molecular complexity index is 1440. The standard InChI is InChI=1S/C22H16N6O3S/c1-31-17-12-6-14(7-13-17)20-23-26(15-8-10-16(11-9-15)28(29)30)22-25-18-4-2-3-5-19(18)32-21(25)24-27(20)22/h2-13,22H,1H3/q+2. The van der Waals surface area contributed by atoms with Crippen molar-refractivity contribution in [2.24, 2.45) is 10.2 Å². The van der Waals surface area contributed by atoms with Crippen LogP contribution in [0.1, 0.15) is 11.9 Å². The van der Waals surface area contributed by atoms with E-state index in [1.54, 1.807) is 30.6 Å². The van der Waals surface area contributed by atoms with E-state index in [0.717, 1.165) is 32.3 Å². The Morgan fingerprint density at radius 3 is 2.53 bits per heavy atom. The van der Waals surface area contributed by atoms with Crippen molar-refractivity contribution in [2.75, 3.05) is 12.1 Å². The van der Waals surface area contributed by atoms with Crippen LogP contribution in [0.25, 0.3) is 10.2 Å². The lowest BCUT2D eigenvalue weighted by Gasteiger charge is -2.10. The highest BCUT2D eigenvalue weighted by Gasteiger charge is 2.57. The fourth-order valence-corrected chi connectivity index (χ4v) is 4.99. The third kappa shape index (κ3) is 2.70. The third-order valence-electron chi connectivity index (χ3n) is 5.49. The summed E-state index contributed by atoms with van der Waals surface area (Å²) in [6, 6.07) is 22.2. The minimum Gasteiger partial charge on any atom is -0.497 e. The normalized spacial score (nSPS) is 16.5. The van der Waals surface area contributed by atoms with E-state index >= 15 is 0 Å². The Balaban J connectivity index is 1.51. The van der Waals surface area contributed by atoms with Gasteiger partial charge in [-0.15, -0.1) is 4.57 Å². The van der Waals surface area contributed by atoms with E-state index in [0.29, 0.717) is 5.84 Å². The number of anilines is 1. The summed E-state index contributed by atoms with van der Waals surface area (Å²) in [5.74, 6) is 1.45. The van der Waals surface area contributed by atoms with Crippen LogP contribution >= 0.6 is 11.3 Å². The molecule has 4 aromatic rings. The second-order valence-electron chi connectivity index (χ2n) is 7.28. The zero-order chi connectivity index (χ0) is 21.8. The molecule has 1 atom stereocenters. The van der Waals surface area contributed by atoms with Crippen LogP contribution in [0, 0.1) is 10.1 Å². The van der Waals surface area contributed by atoms with Gasteiger partial charge in [0.15, 0.2) is 10.6 Å². The lowest BCUT2D eigenvalue weighted by molar-refractivity contribution is -0.808. The molecule has 3 heterocycles. The first-order chi connectivity index (χ1) is 15.6. The van der Waals surface area contributed by atoms with E-state index in [2.05, 4.69) is 16.7 Å². The van der Waals surface area contributed by atoms with Crippen molar-refractivity contribution >= 4 is 43.9 Å². The van der Waals surface area contributed by atoms with Crippen molar-refractivity contribution in [1.82, 2.24) is 0 Å². The van der Waals surface area contributed by atoms with Gasteiger partial charge in [0, 0.05) is 16.8 Å². The first kappa shape index (κ1) is 18.6. The average Bonchev–Trinajstić information content (AvgIpc) is 3.47. The minimum absolute atomic E-state index is 0.0367. The zero-order valence-corrected chi connectivity index (χ0v) is 17.6. The number of hydrogen-bond donors (Lipinski definition) is 0. The number of nitro benzene ring substituents is 1. The summed E-state index contributed by atoms with van der Waals surface area (Å²) in [5, 5.41) is 23.6. The second kappa shape index (κ2) is 6.92. The molecule has 0 aliphatic carbocycles. The van der Waals surface area contributed by atoms with E-state index in [-0.39, 0.29) is 12.0 Å². The number of hydrogen-bond acceptors (Lipinski definition) is 7. The van der Waals surface area contributed by atoms with Crippen LogP contribution in [0.15, 0.2) is 83.0 Å². The molecule has 9 nitrogen and oxygen atoms in total. The number of azo groups is 2. The monoisotopic (exact) mass is 444 g/mol. The molecule has 0 N–H and O–H groups in total. The highest BCUT2D eigenvalue weighted by molar-refractivity contribution is 7.21. The van der Waals surface area contributed by atoms with Crippen LogP contribution in [0.5, 0.6) is 5.75 Å². The molecule has 0 spiro atoms. The molecule has 0 saturated heterocycles. The molecule has 3 aromatic carbocycles. The Morgan fingerprint density at radius 2 is 1.81 bits per heavy atom. The maximum Gasteiger partial charge on any atom is 0.436 e. The van der Waals surface area contributed by atoms with Gasteiger partial charge in [-0.1, -0.05) is 17.1 Å². The van der Waals surface area contributed by atoms with E-state index in [9.17, 15) is 10.1 Å². The number of methoxy groups -OCH3 is 1. The molecule has 156 valence electrons. The Hall–Kier alpha value is -4.18. The average molecular weight is 444 g/mol. The smallest absolute Gasteiger partial charge is 0.436 e. The molecule has 10 heteroatoms. The maximum atomic E-state index is 11.1. The topological polar surface area (TPSA) is 87.2 Å². The number of nitro groups is 1. The molecular weight excluding hydrogens is 428 g/mol. The van der Waals surface area contributed by atoms with Gasteiger partial charge in [0.25, 0.3) is 5.69 Å². The fourth-order valence-electron chi connectivity index (χ4n) is 3.96. The minimum atomic E-state index is -0.406. The van der Waals surface area contributed by atoms with Crippen LogP contribution in [0.4, 0.5) is 16.5 Å². The molecule has 6 rings (SSSR count). The van der Waals surface area contributed by atoms with Gasteiger partial charge in [0.2, 0.25) is 0 Å². The van der Waals surface area contributed by atoms with Crippen molar-refractivity contribution in [3.63, 3.8) is 0 Å². The summed E-state index contributed by atoms with van der Waals surface area (Å²) in [6.07, 6.45) is -0.347. The summed E-state index contributed by atoms with van der Waals surface area (Å²) in [6.45, 7) is 0. The van der Waals surface area contributed by atoms with Crippen LogP contribution in [0.2, 0.25) is 0 Å². The van der Waals surface area contributed by atoms with Gasteiger partial charge in [0.1, 0.15) is 5.75 Å². The fraction of sp³-hybridized carbons (Fsp3) is 0.0909. The summed E-state index contributed by atoms with van der Waals surface area (Å²) < 4.78 is 10.4. The van der Waals surface area contributed by atoms with Gasteiger partial charge < -0.3 is 4.74 Å². The van der Waals surface area contributed by atoms with Gasteiger partial charge in [0.05, 0.1) is 33.1 Å². The molecule has 0 amide bonds. The van der Waals surface area contributed by atoms with Gasteiger partial charge in [-0.25, -0.2) is 0 Å². The molecular formula is C22H16N6O3S+2. The van der Waals surface area contributed by atoms with E-state index in [1.807, 2.05) is 46.1 Å². The largest absolute Gasteiger partial charge is 0.497 e. The van der Waals surface area contributed by atoms with E-state index in [4.69, 9.17) is 15.0 Å². The summed E-state index contributed by atoms with van der Waals surface area (Å²) in [5.41, 5.74) is 2.72. The summed E-state index contributed by atoms with van der Waals surface area (Å²) in [4.78, 5) is 10.7. The molecule has 0 radical (unpaired) electrons. The predicted octanol–water partition coefficient (Wildman–Crippen LogP) is 4.55. The van der Waals surface area contributed by atoms with Crippen LogP contribution in [-0.2, 0) is 0 Å². The van der Waals surface area contributed by atoms with Crippen molar-refractivity contribution in [3.05, 3.63) is 88.5 Å². The number of fused-ring (bicyclic) bond motifs is 5. The molecule has 2 aliphatic heterocycles. The first-order valence-electron chi connectivity index (χ1n) is 9.85. The molecule has 0 bridgehead atoms. The van der Waals surface area contributed by atoms with Crippen LogP contribution in [0.3, 0.4) is 0 Å². The van der Waals surface area contributed by atoms with Crippen LogP contribution < -0.4 is 14.3 Å². The molecule has 1 unspecified atom stereocenters. The molecule has 2 aliphatic rings. The number of thiazole rings is 1. The lowest BCUT2D eigenvalue weighted by atomic mass is 10.2. The number of para-hydroxylation sites is 1. The van der Waals surface area contributed by atoms with Gasteiger partial charge in [-0.05, 0) is 59.9 Å². The maximum absolute atomic E-state index is 11.1. The van der Waals surface area contributed by atoms with Gasteiger partial charge >= 0.3 is 17.3 Å². The zero-order valence-electron chi connectivity index (χ0n) is 16.8. The quantitative estimate of drug-likeness (QED) is 0.262. The number of amidine groups is 1. The lowest BCUT2D eigenvalue weighted by Crippen LogP contribution is -2.47. The SMILES string of the molecule is COc1ccc(C2=NN(c3ccc([N+](=O)[O-])cc3)C3[N+]2=Nc2sc4ccccc4[n+]23)cc1. The second-order valence-corrected chi connectivity index (χ2v) is 8.29. The Kier molecular flexibility index (Phi) is 4.02. The van der Waals surface area contributed by atoms with Crippen molar-refractivity contribution in [3.8, 4) is 5.75 Å². The Morgan fingerprint density at radius 1 is 1.06 bits per heavy atom. The molecule has 1 aromatic heterocycles. The van der Waals surface area contributed by atoms with Crippen LogP contribution in [-0.4, -0.2) is 22.6 Å². The number of non-ortho nitro benzene ring substituents is 1. The number of aromatic nitrogens is 1. The number of ether oxygens (including phenoxy) is 1. The summed E-state index contributed by atoms with van der Waals surface area (Å²) in [7, 11) is 1.63. The van der Waals surface area contributed by atoms with Crippen molar-refractivity contribution in [2.45, 2.75) is 6.29 Å². The number of nitrogens with zero attached hydrogens (tertiary/aromatic N) is 6. The van der Waals surface area contributed by atoms with Crippen molar-refractivity contribution < 1.29 is 18.9 Å². The number of benzene rings is 3. The van der Waals surface area contributed by atoms with Gasteiger partial charge in [-0.2, -0.15) is 0 Å².